The smallest absolute Gasteiger partial charge is 0.258 e. The number of nitrogens with zero attached hydrogens (tertiary/aromatic N) is 2. The zero-order chi connectivity index (χ0) is 11.0. The summed E-state index contributed by atoms with van der Waals surface area (Å²) >= 11 is 8.02. The minimum absolute atomic E-state index is 0.0224. The largest absolute Gasteiger partial charge is 0.295 e. The van der Waals surface area contributed by atoms with Crippen LogP contribution < -0.4 is 0 Å². The molecule has 76 valence electrons. The molecule has 0 radical (unpaired) electrons. The van der Waals surface area contributed by atoms with Crippen molar-refractivity contribution in [2.75, 3.05) is 0 Å². The molecule has 2 rings (SSSR count). The Labute approximate surface area is 104 Å². The van der Waals surface area contributed by atoms with E-state index in [4.69, 9.17) is 11.6 Å². The minimum Gasteiger partial charge on any atom is -0.258 e. The van der Waals surface area contributed by atoms with Crippen LogP contribution in [0.3, 0.4) is 0 Å². The number of halogens is 2. The van der Waals surface area contributed by atoms with Gasteiger partial charge in [0.2, 0.25) is 0 Å². The molecule has 0 bridgehead atoms. The molecule has 0 aliphatic carbocycles. The molecule has 15 heavy (non-hydrogen) atoms. The van der Waals surface area contributed by atoms with Crippen LogP contribution >= 0.6 is 34.2 Å². The second-order valence-electron chi connectivity index (χ2n) is 2.87. The number of pyridine rings is 1. The van der Waals surface area contributed by atoms with Crippen LogP contribution in [0.4, 0.5) is 5.69 Å². The first kappa shape index (κ1) is 10.6. The van der Waals surface area contributed by atoms with E-state index in [1.54, 1.807) is 12.3 Å². The molecule has 4 nitrogen and oxygen atoms in total. The third-order valence-corrected chi connectivity index (χ3v) is 2.86. The van der Waals surface area contributed by atoms with Crippen molar-refractivity contribution in [3.63, 3.8) is 0 Å². The fourth-order valence-corrected chi connectivity index (χ4v) is 1.95. The number of nitro benzene ring substituents is 1. The first-order valence-corrected chi connectivity index (χ1v) is 5.43. The van der Waals surface area contributed by atoms with Gasteiger partial charge in [-0.1, -0.05) is 11.6 Å². The highest BCUT2D eigenvalue weighted by atomic mass is 127. The van der Waals surface area contributed by atoms with Crippen LogP contribution in [0.1, 0.15) is 0 Å². The molecule has 2 aromatic rings. The van der Waals surface area contributed by atoms with E-state index in [1.165, 1.54) is 12.1 Å². The normalized spacial score (nSPS) is 10.5. The number of hydrogen-bond donors (Lipinski definition) is 0. The van der Waals surface area contributed by atoms with E-state index < -0.39 is 4.92 Å². The molecule has 6 heteroatoms. The topological polar surface area (TPSA) is 56.0 Å². The van der Waals surface area contributed by atoms with Crippen LogP contribution in [0.25, 0.3) is 10.9 Å². The van der Waals surface area contributed by atoms with Crippen molar-refractivity contribution in [3.8, 4) is 0 Å². The Morgan fingerprint density at radius 1 is 1.47 bits per heavy atom. The van der Waals surface area contributed by atoms with Crippen molar-refractivity contribution in [2.45, 2.75) is 0 Å². The summed E-state index contributed by atoms with van der Waals surface area (Å²) in [4.78, 5) is 14.3. The van der Waals surface area contributed by atoms with Crippen molar-refractivity contribution >= 4 is 50.8 Å². The number of benzene rings is 1. The summed E-state index contributed by atoms with van der Waals surface area (Å²) in [6.07, 6.45) is 1.58. The van der Waals surface area contributed by atoms with Crippen LogP contribution in [0.5, 0.6) is 0 Å². The monoisotopic (exact) mass is 334 g/mol. The molecule has 0 N–H and O–H groups in total. The Kier molecular flexibility index (Phi) is 2.74. The summed E-state index contributed by atoms with van der Waals surface area (Å²) in [5.41, 5.74) is 0.304. The van der Waals surface area contributed by atoms with Crippen molar-refractivity contribution < 1.29 is 4.92 Å². The fourth-order valence-electron chi connectivity index (χ4n) is 1.29. The predicted molar refractivity (Wildman–Crippen MR) is 66.1 cm³/mol. The van der Waals surface area contributed by atoms with Gasteiger partial charge in [-0.05, 0) is 34.7 Å². The lowest BCUT2D eigenvalue weighted by Gasteiger charge is -2.01. The van der Waals surface area contributed by atoms with Gasteiger partial charge in [0.1, 0.15) is 5.52 Å². The molecule has 1 aromatic heterocycles. The second kappa shape index (κ2) is 3.90. The summed E-state index contributed by atoms with van der Waals surface area (Å²) in [6, 6.07) is 4.66. The zero-order valence-electron chi connectivity index (χ0n) is 7.28. The lowest BCUT2D eigenvalue weighted by Crippen LogP contribution is -1.92. The number of rotatable bonds is 1. The average molecular weight is 334 g/mol. The van der Waals surface area contributed by atoms with E-state index in [9.17, 15) is 10.1 Å². The first-order valence-electron chi connectivity index (χ1n) is 3.98. The molecule has 0 spiro atoms. The summed E-state index contributed by atoms with van der Waals surface area (Å²) in [5, 5.41) is 11.8. The molecule has 0 saturated heterocycles. The number of hydrogen-bond acceptors (Lipinski definition) is 3. The number of aromatic nitrogens is 1. The third kappa shape index (κ3) is 1.89. The molecule has 0 aliphatic heterocycles. The van der Waals surface area contributed by atoms with Gasteiger partial charge < -0.3 is 0 Å². The Bertz CT molecular complexity index is 559. The molecule has 1 heterocycles. The van der Waals surface area contributed by atoms with Crippen molar-refractivity contribution in [1.29, 1.82) is 0 Å². The highest BCUT2D eigenvalue weighted by Gasteiger charge is 2.14. The molecule has 0 fully saturated rings. The average Bonchev–Trinajstić information content (AvgIpc) is 2.19. The summed E-state index contributed by atoms with van der Waals surface area (Å²) in [5.74, 6) is 0. The summed E-state index contributed by atoms with van der Waals surface area (Å²) in [7, 11) is 0. The SMILES string of the molecule is O=[N+]([O-])c1ccc(Cl)c2cc(I)cnc12. The van der Waals surface area contributed by atoms with E-state index in [0.717, 1.165) is 3.57 Å². The summed E-state index contributed by atoms with van der Waals surface area (Å²) < 4.78 is 0.891. The quantitative estimate of drug-likeness (QED) is 0.456. The van der Waals surface area contributed by atoms with E-state index >= 15 is 0 Å². The van der Waals surface area contributed by atoms with Gasteiger partial charge in [0.05, 0.1) is 9.95 Å². The predicted octanol–water partition coefficient (Wildman–Crippen LogP) is 3.40. The number of nitro groups is 1. The maximum atomic E-state index is 10.7. The Morgan fingerprint density at radius 3 is 2.87 bits per heavy atom. The molecular formula is C9H4ClIN2O2. The van der Waals surface area contributed by atoms with E-state index in [1.807, 2.05) is 0 Å². The van der Waals surface area contributed by atoms with Gasteiger partial charge in [-0.15, -0.1) is 0 Å². The zero-order valence-corrected chi connectivity index (χ0v) is 10.2. The lowest BCUT2D eigenvalue weighted by atomic mass is 10.2. The number of fused-ring (bicyclic) bond motifs is 1. The van der Waals surface area contributed by atoms with Crippen molar-refractivity contribution in [3.05, 3.63) is 43.1 Å². The molecule has 0 amide bonds. The first-order chi connectivity index (χ1) is 7.09. The van der Waals surface area contributed by atoms with Crippen LogP contribution in [0, 0.1) is 13.7 Å². The van der Waals surface area contributed by atoms with Gasteiger partial charge in [-0.25, -0.2) is 4.98 Å². The van der Waals surface area contributed by atoms with E-state index in [-0.39, 0.29) is 5.69 Å². The van der Waals surface area contributed by atoms with Gasteiger partial charge in [-0.2, -0.15) is 0 Å². The van der Waals surface area contributed by atoms with Gasteiger partial charge in [0, 0.05) is 21.2 Å². The molecule has 0 atom stereocenters. The van der Waals surface area contributed by atoms with Gasteiger partial charge in [0.15, 0.2) is 0 Å². The lowest BCUT2D eigenvalue weighted by molar-refractivity contribution is -0.383. The van der Waals surface area contributed by atoms with Gasteiger partial charge >= 0.3 is 0 Å². The van der Waals surface area contributed by atoms with E-state index in [0.29, 0.717) is 15.9 Å². The molecule has 0 aliphatic rings. The van der Waals surface area contributed by atoms with Crippen LogP contribution in [0.15, 0.2) is 24.4 Å². The molecule has 1 aromatic carbocycles. The Hall–Kier alpha value is -0.950. The number of non-ortho nitro benzene ring substituents is 1. The highest BCUT2D eigenvalue weighted by molar-refractivity contribution is 14.1. The second-order valence-corrected chi connectivity index (χ2v) is 4.53. The summed E-state index contributed by atoms with van der Waals surface area (Å²) in [6.45, 7) is 0. The van der Waals surface area contributed by atoms with Gasteiger partial charge in [0.25, 0.3) is 5.69 Å². The Morgan fingerprint density at radius 2 is 2.20 bits per heavy atom. The van der Waals surface area contributed by atoms with E-state index in [2.05, 4.69) is 27.6 Å². The Balaban J connectivity index is 2.88. The third-order valence-electron chi connectivity index (χ3n) is 1.94. The maximum absolute atomic E-state index is 10.7. The van der Waals surface area contributed by atoms with Crippen LogP contribution in [0.2, 0.25) is 5.02 Å². The van der Waals surface area contributed by atoms with Crippen molar-refractivity contribution in [1.82, 2.24) is 4.98 Å². The molecule has 0 unspecified atom stereocenters. The highest BCUT2D eigenvalue weighted by Crippen LogP contribution is 2.30. The van der Waals surface area contributed by atoms with Crippen molar-refractivity contribution in [2.24, 2.45) is 0 Å². The maximum Gasteiger partial charge on any atom is 0.295 e. The molecular weight excluding hydrogens is 330 g/mol. The minimum atomic E-state index is -0.460. The fraction of sp³-hybridized carbons (Fsp3) is 0. The molecule has 0 saturated carbocycles. The van der Waals surface area contributed by atoms with Crippen LogP contribution in [-0.4, -0.2) is 9.91 Å². The van der Waals surface area contributed by atoms with Crippen LogP contribution in [-0.2, 0) is 0 Å². The standard InChI is InChI=1S/C9H4ClIN2O2/c10-7-1-2-8(13(14)15)9-6(7)3-5(11)4-12-9/h1-4H. The van der Waals surface area contributed by atoms with Gasteiger partial charge in [-0.3, -0.25) is 10.1 Å².